The van der Waals surface area contributed by atoms with Gasteiger partial charge in [0.15, 0.2) is 5.65 Å². The van der Waals surface area contributed by atoms with Crippen molar-refractivity contribution in [3.8, 4) is 11.4 Å². The molecule has 4 aromatic rings. The van der Waals surface area contributed by atoms with Gasteiger partial charge in [-0.2, -0.15) is 0 Å². The molecule has 2 aromatic carbocycles. The lowest BCUT2D eigenvalue weighted by Crippen LogP contribution is -2.14. The van der Waals surface area contributed by atoms with Crippen molar-refractivity contribution in [1.82, 2.24) is 14.5 Å². The minimum Gasteiger partial charge on any atom is -0.489 e. The maximum absolute atomic E-state index is 12.2. The van der Waals surface area contributed by atoms with E-state index in [1.165, 1.54) is 0 Å². The average molecular weight is 317 g/mol. The van der Waals surface area contributed by atoms with Crippen molar-refractivity contribution in [2.45, 2.75) is 6.61 Å². The summed E-state index contributed by atoms with van der Waals surface area (Å²) in [5.41, 5.74) is 2.98. The van der Waals surface area contributed by atoms with Gasteiger partial charge in [-0.25, -0.2) is 14.3 Å². The molecule has 4 rings (SSSR count). The number of aromatic nitrogens is 3. The largest absolute Gasteiger partial charge is 0.489 e. The summed E-state index contributed by atoms with van der Waals surface area (Å²) in [5.74, 6) is 0.753. The maximum Gasteiger partial charge on any atom is 0.332 e. The van der Waals surface area contributed by atoms with Crippen LogP contribution in [-0.4, -0.2) is 14.5 Å². The Morgan fingerprint density at radius 2 is 1.75 bits per heavy atom. The summed E-state index contributed by atoms with van der Waals surface area (Å²) in [4.78, 5) is 19.2. The van der Waals surface area contributed by atoms with Crippen LogP contribution < -0.4 is 10.4 Å². The summed E-state index contributed by atoms with van der Waals surface area (Å²) < 4.78 is 7.32. The number of rotatable bonds is 4. The topological polar surface area (TPSA) is 59.9 Å². The smallest absolute Gasteiger partial charge is 0.332 e. The Morgan fingerprint density at radius 1 is 0.958 bits per heavy atom. The second-order valence-electron chi connectivity index (χ2n) is 5.41. The molecule has 0 spiro atoms. The van der Waals surface area contributed by atoms with E-state index in [4.69, 9.17) is 4.74 Å². The fourth-order valence-corrected chi connectivity index (χ4v) is 2.61. The number of aromatic amines is 1. The Labute approximate surface area is 138 Å². The van der Waals surface area contributed by atoms with Crippen molar-refractivity contribution in [1.29, 1.82) is 0 Å². The first kappa shape index (κ1) is 14.3. The fraction of sp³-hybridized carbons (Fsp3) is 0.0526. The van der Waals surface area contributed by atoms with E-state index < -0.39 is 0 Å². The lowest BCUT2D eigenvalue weighted by atomic mass is 10.2. The van der Waals surface area contributed by atoms with E-state index in [2.05, 4.69) is 9.97 Å². The molecule has 0 aliphatic rings. The molecule has 0 unspecified atom stereocenters. The van der Waals surface area contributed by atoms with Crippen LogP contribution in [0.4, 0.5) is 0 Å². The third-order valence-corrected chi connectivity index (χ3v) is 3.79. The second kappa shape index (κ2) is 6.04. The third-order valence-electron chi connectivity index (χ3n) is 3.79. The zero-order chi connectivity index (χ0) is 16.4. The molecule has 0 atom stereocenters. The summed E-state index contributed by atoms with van der Waals surface area (Å²) in [6.45, 7) is 0.509. The minimum atomic E-state index is -0.207. The van der Waals surface area contributed by atoms with Crippen molar-refractivity contribution < 1.29 is 4.74 Å². The van der Waals surface area contributed by atoms with Crippen LogP contribution in [-0.2, 0) is 6.61 Å². The van der Waals surface area contributed by atoms with Crippen LogP contribution in [0.15, 0.2) is 77.7 Å². The van der Waals surface area contributed by atoms with E-state index in [1.807, 2.05) is 60.7 Å². The van der Waals surface area contributed by atoms with E-state index in [1.54, 1.807) is 16.8 Å². The molecule has 2 heterocycles. The minimum absolute atomic E-state index is 0.207. The van der Waals surface area contributed by atoms with Gasteiger partial charge in [-0.3, -0.25) is 0 Å². The highest BCUT2D eigenvalue weighted by atomic mass is 16.5. The Hall–Kier alpha value is -3.34. The SMILES string of the molecule is O=c1[nH]c2cccnc2n1-c1ccc(OCc2ccccc2)cc1. The van der Waals surface area contributed by atoms with Gasteiger partial charge >= 0.3 is 5.69 Å². The van der Waals surface area contributed by atoms with Gasteiger partial charge in [0, 0.05) is 6.20 Å². The lowest BCUT2D eigenvalue weighted by Gasteiger charge is -2.08. The first-order chi connectivity index (χ1) is 11.8. The van der Waals surface area contributed by atoms with Crippen LogP contribution in [0.3, 0.4) is 0 Å². The number of imidazole rings is 1. The first-order valence-electron chi connectivity index (χ1n) is 7.64. The van der Waals surface area contributed by atoms with E-state index in [-0.39, 0.29) is 5.69 Å². The molecule has 0 aliphatic carbocycles. The third kappa shape index (κ3) is 2.67. The van der Waals surface area contributed by atoms with Gasteiger partial charge in [0.2, 0.25) is 0 Å². The first-order valence-corrected chi connectivity index (χ1v) is 7.64. The van der Waals surface area contributed by atoms with Gasteiger partial charge in [0.25, 0.3) is 0 Å². The van der Waals surface area contributed by atoms with Gasteiger partial charge in [0.05, 0.1) is 11.2 Å². The summed E-state index contributed by atoms with van der Waals surface area (Å²) in [5, 5.41) is 0. The average Bonchev–Trinajstić information content (AvgIpc) is 2.97. The molecule has 1 N–H and O–H groups in total. The normalized spacial score (nSPS) is 10.8. The summed E-state index contributed by atoms with van der Waals surface area (Å²) in [6.07, 6.45) is 1.67. The highest BCUT2D eigenvalue weighted by molar-refractivity contribution is 5.72. The Morgan fingerprint density at radius 3 is 2.54 bits per heavy atom. The molecule has 5 heteroatoms. The van der Waals surface area contributed by atoms with Gasteiger partial charge < -0.3 is 9.72 Å². The van der Waals surface area contributed by atoms with Gasteiger partial charge in [-0.05, 0) is 42.0 Å². The Balaban J connectivity index is 1.59. The quantitative estimate of drug-likeness (QED) is 0.628. The number of hydrogen-bond donors (Lipinski definition) is 1. The number of H-pyrrole nitrogens is 1. The molecule has 0 radical (unpaired) electrons. The highest BCUT2D eigenvalue weighted by Crippen LogP contribution is 2.18. The molecule has 5 nitrogen and oxygen atoms in total. The summed E-state index contributed by atoms with van der Waals surface area (Å²) in [6, 6.07) is 21.0. The van der Waals surface area contributed by atoms with Gasteiger partial charge in [-0.15, -0.1) is 0 Å². The summed E-state index contributed by atoms with van der Waals surface area (Å²) >= 11 is 0. The van der Waals surface area contributed by atoms with Crippen LogP contribution in [0, 0.1) is 0 Å². The zero-order valence-corrected chi connectivity index (χ0v) is 12.8. The molecule has 0 bridgehead atoms. The lowest BCUT2D eigenvalue weighted by molar-refractivity contribution is 0.306. The van der Waals surface area contributed by atoms with E-state index in [0.717, 1.165) is 17.0 Å². The zero-order valence-electron chi connectivity index (χ0n) is 12.8. The van der Waals surface area contributed by atoms with Crippen molar-refractivity contribution in [2.75, 3.05) is 0 Å². The number of hydrogen-bond acceptors (Lipinski definition) is 3. The summed E-state index contributed by atoms with van der Waals surface area (Å²) in [7, 11) is 0. The van der Waals surface area contributed by atoms with Gasteiger partial charge in [-0.1, -0.05) is 30.3 Å². The number of ether oxygens (including phenoxy) is 1. The number of pyridine rings is 1. The van der Waals surface area contributed by atoms with Crippen molar-refractivity contribution in [3.63, 3.8) is 0 Å². The molecule has 24 heavy (non-hydrogen) atoms. The van der Waals surface area contributed by atoms with Crippen molar-refractivity contribution in [2.24, 2.45) is 0 Å². The van der Waals surface area contributed by atoms with Crippen LogP contribution >= 0.6 is 0 Å². The Kier molecular flexibility index (Phi) is 3.59. The predicted molar refractivity (Wildman–Crippen MR) is 92.5 cm³/mol. The molecule has 0 fully saturated rings. The second-order valence-corrected chi connectivity index (χ2v) is 5.41. The molecular weight excluding hydrogens is 302 g/mol. The molecule has 0 aliphatic heterocycles. The predicted octanol–water partition coefficient (Wildman–Crippen LogP) is 3.29. The fourth-order valence-electron chi connectivity index (χ4n) is 2.61. The molecule has 0 amide bonds. The van der Waals surface area contributed by atoms with Crippen LogP contribution in [0.5, 0.6) is 5.75 Å². The van der Waals surface area contributed by atoms with Crippen molar-refractivity contribution in [3.05, 3.63) is 89.0 Å². The molecule has 2 aromatic heterocycles. The van der Waals surface area contributed by atoms with Crippen LogP contribution in [0.25, 0.3) is 16.9 Å². The molecule has 0 saturated heterocycles. The number of nitrogens with one attached hydrogen (secondary N) is 1. The Bertz CT molecular complexity index is 1020. The molecule has 0 saturated carbocycles. The highest BCUT2D eigenvalue weighted by Gasteiger charge is 2.09. The van der Waals surface area contributed by atoms with Crippen LogP contribution in [0.1, 0.15) is 5.56 Å². The van der Waals surface area contributed by atoms with E-state index in [0.29, 0.717) is 17.8 Å². The van der Waals surface area contributed by atoms with E-state index in [9.17, 15) is 4.79 Å². The number of fused-ring (bicyclic) bond motifs is 1. The monoisotopic (exact) mass is 317 g/mol. The molecular formula is C19H15N3O2. The molecule has 118 valence electrons. The maximum atomic E-state index is 12.2. The van der Waals surface area contributed by atoms with Crippen molar-refractivity contribution >= 4 is 11.2 Å². The number of benzene rings is 2. The van der Waals surface area contributed by atoms with Gasteiger partial charge in [0.1, 0.15) is 12.4 Å². The van der Waals surface area contributed by atoms with Crippen LogP contribution in [0.2, 0.25) is 0 Å². The van der Waals surface area contributed by atoms with E-state index >= 15 is 0 Å². The number of nitrogens with zero attached hydrogens (tertiary/aromatic N) is 2. The standard InChI is InChI=1S/C19H15N3O2/c23-19-21-17-7-4-12-20-18(17)22(19)15-8-10-16(11-9-15)24-13-14-5-2-1-3-6-14/h1-12H,13H2,(H,21,23).